The molecule has 0 nitrogen and oxygen atoms in total. The van der Waals surface area contributed by atoms with Crippen molar-refractivity contribution in [3.05, 3.63) is 0 Å². The van der Waals surface area contributed by atoms with Gasteiger partial charge in [0.1, 0.15) is 6.17 Å². The average molecular weight is 102 g/mol. The van der Waals surface area contributed by atoms with Gasteiger partial charge in [-0.2, -0.15) is 0 Å². The number of hydrogen-bond donors (Lipinski definition) is 0. The summed E-state index contributed by atoms with van der Waals surface area (Å²) in [4.78, 5) is 0. The van der Waals surface area contributed by atoms with Crippen LogP contribution in [0, 0.1) is 11.3 Å². The zero-order valence-corrected chi connectivity index (χ0v) is 5.03. The van der Waals surface area contributed by atoms with Gasteiger partial charge < -0.3 is 0 Å². The van der Waals surface area contributed by atoms with E-state index in [1.54, 1.807) is 0 Å². The Kier molecular flexibility index (Phi) is 0.734. The molecule has 7 heavy (non-hydrogen) atoms. The van der Waals surface area contributed by atoms with Crippen LogP contribution in [0.4, 0.5) is 4.39 Å². The van der Waals surface area contributed by atoms with E-state index in [0.717, 1.165) is 0 Å². The van der Waals surface area contributed by atoms with Crippen LogP contribution < -0.4 is 0 Å². The predicted molar refractivity (Wildman–Crippen MR) is 27.8 cm³/mol. The van der Waals surface area contributed by atoms with Gasteiger partial charge in [-0.3, -0.25) is 0 Å². The van der Waals surface area contributed by atoms with Crippen molar-refractivity contribution in [2.24, 2.45) is 11.3 Å². The Balaban J connectivity index is 2.52. The van der Waals surface area contributed by atoms with Crippen molar-refractivity contribution in [2.45, 2.75) is 26.9 Å². The molecule has 0 aromatic rings. The van der Waals surface area contributed by atoms with Gasteiger partial charge in [-0.15, -0.1) is 0 Å². The maximum atomic E-state index is 12.3. The first-order chi connectivity index (χ1) is 3.07. The van der Waals surface area contributed by atoms with Crippen LogP contribution in [0.3, 0.4) is 0 Å². The molecule has 0 heterocycles. The average Bonchev–Trinajstić information content (AvgIpc) is 1.91. The van der Waals surface area contributed by atoms with Gasteiger partial charge in [0.15, 0.2) is 0 Å². The van der Waals surface area contributed by atoms with E-state index >= 15 is 0 Å². The van der Waals surface area contributed by atoms with Crippen LogP contribution in [0.5, 0.6) is 0 Å². The Hall–Kier alpha value is -0.0700. The van der Waals surface area contributed by atoms with Crippen molar-refractivity contribution in [2.75, 3.05) is 0 Å². The van der Waals surface area contributed by atoms with Crippen LogP contribution in [0.15, 0.2) is 0 Å². The molecule has 0 amide bonds. The summed E-state index contributed by atoms with van der Waals surface area (Å²) in [6.45, 7) is 5.87. The Bertz CT molecular complexity index is 76.2. The highest BCUT2D eigenvalue weighted by Gasteiger charge is 2.55. The van der Waals surface area contributed by atoms with Crippen molar-refractivity contribution in [1.29, 1.82) is 0 Å². The van der Waals surface area contributed by atoms with Gasteiger partial charge in [-0.1, -0.05) is 20.8 Å². The van der Waals surface area contributed by atoms with Crippen molar-refractivity contribution in [3.63, 3.8) is 0 Å². The van der Waals surface area contributed by atoms with Gasteiger partial charge in [0.25, 0.3) is 0 Å². The molecule has 0 spiro atoms. The van der Waals surface area contributed by atoms with E-state index in [4.69, 9.17) is 0 Å². The molecule has 0 saturated heterocycles. The highest BCUT2D eigenvalue weighted by molar-refractivity contribution is 5.03. The van der Waals surface area contributed by atoms with Crippen LogP contribution >= 0.6 is 0 Å². The third-order valence-corrected chi connectivity index (χ3v) is 2.21. The summed E-state index contributed by atoms with van der Waals surface area (Å²) in [6, 6.07) is 0. The van der Waals surface area contributed by atoms with Crippen molar-refractivity contribution < 1.29 is 4.39 Å². The molecule has 1 rings (SSSR count). The van der Waals surface area contributed by atoms with Crippen molar-refractivity contribution in [3.8, 4) is 0 Å². The van der Waals surface area contributed by atoms with Gasteiger partial charge in [0, 0.05) is 5.41 Å². The van der Waals surface area contributed by atoms with E-state index in [9.17, 15) is 4.39 Å². The lowest BCUT2D eigenvalue weighted by molar-refractivity contribution is 0.397. The number of alkyl halides is 1. The van der Waals surface area contributed by atoms with Gasteiger partial charge in [-0.25, -0.2) is 4.39 Å². The second-order valence-electron chi connectivity index (χ2n) is 3.01. The molecule has 0 aliphatic heterocycles. The normalized spacial score (nSPS) is 46.3. The van der Waals surface area contributed by atoms with Crippen molar-refractivity contribution in [1.82, 2.24) is 0 Å². The SMILES string of the molecule is C[C@H]1[C@H](F)C1(C)C. The Labute approximate surface area is 43.7 Å². The second kappa shape index (κ2) is 1.01. The van der Waals surface area contributed by atoms with E-state index in [0.29, 0.717) is 5.92 Å². The van der Waals surface area contributed by atoms with Gasteiger partial charge in [0.05, 0.1) is 0 Å². The molecule has 0 unspecified atom stereocenters. The fraction of sp³-hybridized carbons (Fsp3) is 1.00. The topological polar surface area (TPSA) is 0 Å². The van der Waals surface area contributed by atoms with Gasteiger partial charge in [-0.05, 0) is 5.92 Å². The predicted octanol–water partition coefficient (Wildman–Crippen LogP) is 2.00. The van der Waals surface area contributed by atoms with Crippen LogP contribution in [-0.2, 0) is 0 Å². The summed E-state index contributed by atoms with van der Waals surface area (Å²) in [5.74, 6) is 0.299. The summed E-state index contributed by atoms with van der Waals surface area (Å²) < 4.78 is 12.3. The molecule has 0 aromatic carbocycles. The van der Waals surface area contributed by atoms with E-state index in [-0.39, 0.29) is 5.41 Å². The molecule has 0 N–H and O–H groups in total. The van der Waals surface area contributed by atoms with E-state index in [1.165, 1.54) is 0 Å². The number of hydrogen-bond acceptors (Lipinski definition) is 0. The largest absolute Gasteiger partial charge is 0.247 e. The molecule has 42 valence electrons. The van der Waals surface area contributed by atoms with Crippen LogP contribution in [0.25, 0.3) is 0 Å². The third-order valence-electron chi connectivity index (χ3n) is 2.21. The molecule has 1 fully saturated rings. The third kappa shape index (κ3) is 0.472. The minimum absolute atomic E-state index is 0. The van der Waals surface area contributed by atoms with E-state index in [2.05, 4.69) is 0 Å². The van der Waals surface area contributed by atoms with Crippen LogP contribution in [0.2, 0.25) is 0 Å². The minimum atomic E-state index is -0.535. The number of rotatable bonds is 0. The lowest BCUT2D eigenvalue weighted by Crippen LogP contribution is -1.87. The van der Waals surface area contributed by atoms with Crippen molar-refractivity contribution >= 4 is 0 Å². The lowest BCUT2D eigenvalue weighted by atomic mass is 10.1. The Morgan fingerprint density at radius 3 is 1.57 bits per heavy atom. The lowest BCUT2D eigenvalue weighted by Gasteiger charge is -1.91. The smallest absolute Gasteiger partial charge is 0.109 e. The maximum Gasteiger partial charge on any atom is 0.109 e. The summed E-state index contributed by atoms with van der Waals surface area (Å²) in [6.07, 6.45) is -0.535. The summed E-state index contributed by atoms with van der Waals surface area (Å²) >= 11 is 0. The quantitative estimate of drug-likeness (QED) is 0.439. The molecule has 0 aromatic heterocycles. The fourth-order valence-electron chi connectivity index (χ4n) is 0.822. The molecule has 0 bridgehead atoms. The van der Waals surface area contributed by atoms with E-state index in [1.807, 2.05) is 20.8 Å². The Morgan fingerprint density at radius 2 is 1.57 bits per heavy atom. The zero-order chi connectivity index (χ0) is 5.65. The molecule has 1 saturated carbocycles. The summed E-state index contributed by atoms with van der Waals surface area (Å²) in [5.41, 5.74) is 0. The molecule has 1 aliphatic rings. The van der Waals surface area contributed by atoms with Crippen LogP contribution in [-0.4, -0.2) is 6.17 Å². The number of halogens is 1. The van der Waals surface area contributed by atoms with Crippen LogP contribution in [0.1, 0.15) is 20.8 Å². The molecule has 1 aliphatic carbocycles. The first kappa shape index (κ1) is 5.07. The van der Waals surface area contributed by atoms with Gasteiger partial charge >= 0.3 is 0 Å². The molecular formula is C6H11F. The fourth-order valence-corrected chi connectivity index (χ4v) is 0.822. The minimum Gasteiger partial charge on any atom is -0.247 e. The molecule has 0 radical (unpaired) electrons. The molecule has 2 atom stereocenters. The molecule has 1 heteroatoms. The standard InChI is InChI=1S/C6H11F/c1-4-5(7)6(4,2)3/h4-5H,1-3H3/t4-,5-/m0/s1. The monoisotopic (exact) mass is 102 g/mol. The Morgan fingerprint density at radius 1 is 1.43 bits per heavy atom. The first-order valence-corrected chi connectivity index (χ1v) is 2.71. The summed E-state index contributed by atoms with van der Waals surface area (Å²) in [7, 11) is 0. The summed E-state index contributed by atoms with van der Waals surface area (Å²) in [5, 5.41) is 0. The molecular weight excluding hydrogens is 91.1 g/mol. The highest BCUT2D eigenvalue weighted by atomic mass is 19.1. The second-order valence-corrected chi connectivity index (χ2v) is 3.01. The first-order valence-electron chi connectivity index (χ1n) is 2.71. The van der Waals surface area contributed by atoms with Gasteiger partial charge in [0.2, 0.25) is 0 Å². The maximum absolute atomic E-state index is 12.3. The zero-order valence-electron chi connectivity index (χ0n) is 5.03. The highest BCUT2D eigenvalue weighted by Crippen LogP contribution is 2.53. The van der Waals surface area contributed by atoms with E-state index < -0.39 is 6.17 Å².